The van der Waals surface area contributed by atoms with Crippen LogP contribution < -0.4 is 0 Å². The number of hydrogen-bond acceptors (Lipinski definition) is 4. The Morgan fingerprint density at radius 2 is 2.37 bits per heavy atom. The van der Waals surface area contributed by atoms with Crippen LogP contribution in [0.2, 0.25) is 0 Å². The van der Waals surface area contributed by atoms with Crippen LogP contribution in [0.15, 0.2) is 12.7 Å². The smallest absolute Gasteiger partial charge is 0.211 e. The van der Waals surface area contributed by atoms with Crippen LogP contribution in [0.1, 0.15) is 24.6 Å². The normalized spacial score (nSPS) is 21.4. The van der Waals surface area contributed by atoms with Gasteiger partial charge in [0.25, 0.3) is 0 Å². The van der Waals surface area contributed by atoms with Crippen molar-refractivity contribution >= 4 is 22.2 Å². The van der Waals surface area contributed by atoms with E-state index in [-0.39, 0.29) is 5.92 Å². The zero-order valence-corrected chi connectivity index (χ0v) is 12.5. The topological polar surface area (TPSA) is 71.0 Å². The lowest BCUT2D eigenvalue weighted by Gasteiger charge is -2.30. The minimum absolute atomic E-state index is 0.0800. The molecule has 1 aromatic heterocycles. The summed E-state index contributed by atoms with van der Waals surface area (Å²) in [6.45, 7) is 5.34. The highest BCUT2D eigenvalue weighted by molar-refractivity contribution is 7.88. The van der Waals surface area contributed by atoms with Gasteiger partial charge in [-0.3, -0.25) is 5.10 Å². The highest BCUT2D eigenvalue weighted by atomic mass is 32.2. The van der Waals surface area contributed by atoms with Gasteiger partial charge in [-0.05, 0) is 25.1 Å². The summed E-state index contributed by atoms with van der Waals surface area (Å²) in [6, 6.07) is 0. The number of aromatic nitrogens is 3. The summed E-state index contributed by atoms with van der Waals surface area (Å²) in [5.74, 6) is 0.898. The molecule has 0 aliphatic carbocycles. The van der Waals surface area contributed by atoms with E-state index in [1.807, 2.05) is 4.57 Å². The first-order chi connectivity index (χ1) is 8.93. The molecule has 1 aliphatic rings. The molecular weight excluding hydrogens is 284 g/mol. The van der Waals surface area contributed by atoms with Crippen LogP contribution in [0.3, 0.4) is 0 Å². The molecule has 1 atom stereocenters. The fraction of sp³-hybridized carbons (Fsp3) is 0.636. The Bertz CT molecular complexity index is 617. The van der Waals surface area contributed by atoms with E-state index in [4.69, 9.17) is 12.2 Å². The second kappa shape index (κ2) is 5.56. The first-order valence-corrected chi connectivity index (χ1v) is 8.40. The van der Waals surface area contributed by atoms with E-state index in [0.29, 0.717) is 24.4 Å². The maximum atomic E-state index is 11.6. The fourth-order valence-corrected chi connectivity index (χ4v) is 3.53. The highest BCUT2D eigenvalue weighted by Gasteiger charge is 2.29. The number of nitrogens with one attached hydrogen (secondary N) is 1. The predicted octanol–water partition coefficient (Wildman–Crippen LogP) is 1.27. The van der Waals surface area contributed by atoms with Crippen molar-refractivity contribution in [2.45, 2.75) is 25.3 Å². The summed E-state index contributed by atoms with van der Waals surface area (Å²) in [4.78, 5) is 0. The summed E-state index contributed by atoms with van der Waals surface area (Å²) >= 11 is 5.18. The van der Waals surface area contributed by atoms with Gasteiger partial charge in [0, 0.05) is 25.6 Å². The van der Waals surface area contributed by atoms with Crippen LogP contribution in [0.25, 0.3) is 0 Å². The van der Waals surface area contributed by atoms with Gasteiger partial charge in [0.1, 0.15) is 5.82 Å². The van der Waals surface area contributed by atoms with Crippen LogP contribution in [0.4, 0.5) is 0 Å². The molecule has 1 aromatic rings. The Balaban J connectivity index is 2.27. The molecule has 8 heteroatoms. The van der Waals surface area contributed by atoms with Crippen molar-refractivity contribution in [3.8, 4) is 0 Å². The van der Waals surface area contributed by atoms with E-state index < -0.39 is 10.0 Å². The molecule has 19 heavy (non-hydrogen) atoms. The molecule has 1 aliphatic heterocycles. The lowest BCUT2D eigenvalue weighted by Crippen LogP contribution is -2.39. The molecule has 1 fully saturated rings. The van der Waals surface area contributed by atoms with Crippen molar-refractivity contribution in [3.63, 3.8) is 0 Å². The summed E-state index contributed by atoms with van der Waals surface area (Å²) in [5, 5.41) is 7.02. The Hall–Kier alpha value is -0.990. The molecule has 0 radical (unpaired) electrons. The van der Waals surface area contributed by atoms with Gasteiger partial charge in [-0.1, -0.05) is 6.08 Å². The average molecular weight is 302 g/mol. The number of hydrogen-bond donors (Lipinski definition) is 1. The van der Waals surface area contributed by atoms with E-state index >= 15 is 0 Å². The predicted molar refractivity (Wildman–Crippen MR) is 76.0 cm³/mol. The van der Waals surface area contributed by atoms with Crippen LogP contribution in [-0.2, 0) is 16.6 Å². The van der Waals surface area contributed by atoms with E-state index in [2.05, 4.69) is 16.8 Å². The van der Waals surface area contributed by atoms with E-state index in [0.717, 1.165) is 18.7 Å². The second-order valence-electron chi connectivity index (χ2n) is 4.75. The van der Waals surface area contributed by atoms with E-state index in [9.17, 15) is 8.42 Å². The quantitative estimate of drug-likeness (QED) is 0.671. The maximum Gasteiger partial charge on any atom is 0.211 e. The summed E-state index contributed by atoms with van der Waals surface area (Å²) in [5.41, 5.74) is 0. The van der Waals surface area contributed by atoms with Gasteiger partial charge < -0.3 is 4.57 Å². The molecule has 2 rings (SSSR count). The largest absolute Gasteiger partial charge is 0.300 e. The molecule has 6 nitrogen and oxygen atoms in total. The zero-order valence-electron chi connectivity index (χ0n) is 10.9. The van der Waals surface area contributed by atoms with Crippen molar-refractivity contribution in [1.29, 1.82) is 0 Å². The molecule has 1 N–H and O–H groups in total. The van der Waals surface area contributed by atoms with Crippen molar-refractivity contribution in [3.05, 3.63) is 23.3 Å². The first kappa shape index (κ1) is 14.4. The second-order valence-corrected chi connectivity index (χ2v) is 7.12. The highest BCUT2D eigenvalue weighted by Crippen LogP contribution is 2.26. The summed E-state index contributed by atoms with van der Waals surface area (Å²) in [7, 11) is -3.15. The number of nitrogens with zero attached hydrogens (tertiary/aromatic N) is 3. The van der Waals surface area contributed by atoms with Gasteiger partial charge in [0.15, 0.2) is 4.77 Å². The van der Waals surface area contributed by atoms with Gasteiger partial charge >= 0.3 is 0 Å². The summed E-state index contributed by atoms with van der Waals surface area (Å²) in [6.07, 6.45) is 4.76. The maximum absolute atomic E-state index is 11.6. The molecular formula is C11H18N4O2S2. The van der Waals surface area contributed by atoms with Crippen LogP contribution >= 0.6 is 12.2 Å². The Labute approximate surface area is 118 Å². The van der Waals surface area contributed by atoms with Crippen LogP contribution in [0.5, 0.6) is 0 Å². The Kier molecular flexibility index (Phi) is 4.22. The molecule has 0 aromatic carbocycles. The lowest BCUT2D eigenvalue weighted by molar-refractivity contribution is 0.307. The Morgan fingerprint density at radius 1 is 1.63 bits per heavy atom. The number of aromatic amines is 1. The molecule has 106 valence electrons. The van der Waals surface area contributed by atoms with Gasteiger partial charge in [0.2, 0.25) is 10.0 Å². The molecule has 1 unspecified atom stereocenters. The monoisotopic (exact) mass is 302 g/mol. The van der Waals surface area contributed by atoms with Crippen LogP contribution in [0, 0.1) is 4.77 Å². The first-order valence-electron chi connectivity index (χ1n) is 6.14. The molecule has 1 saturated heterocycles. The molecule has 0 saturated carbocycles. The van der Waals surface area contributed by atoms with Gasteiger partial charge in [-0.2, -0.15) is 5.10 Å². The standard InChI is InChI=1S/C11H18N4O2S2/c1-3-6-15-10(12-13-11(15)18)9-5-4-7-14(8-9)19(2,16)17/h3,9H,1,4-8H2,2H3,(H,13,18). The van der Waals surface area contributed by atoms with Crippen molar-refractivity contribution < 1.29 is 8.42 Å². The zero-order chi connectivity index (χ0) is 14.0. The molecule has 0 spiro atoms. The van der Waals surface area contributed by atoms with Crippen LogP contribution in [-0.4, -0.2) is 46.8 Å². The number of H-pyrrole nitrogens is 1. The van der Waals surface area contributed by atoms with Crippen molar-refractivity contribution in [2.75, 3.05) is 19.3 Å². The Morgan fingerprint density at radius 3 is 3.00 bits per heavy atom. The number of piperidine rings is 1. The third kappa shape index (κ3) is 3.13. The van der Waals surface area contributed by atoms with E-state index in [1.54, 1.807) is 6.08 Å². The minimum Gasteiger partial charge on any atom is -0.300 e. The lowest BCUT2D eigenvalue weighted by atomic mass is 9.99. The third-order valence-corrected chi connectivity index (χ3v) is 4.90. The number of allylic oxidation sites excluding steroid dienone is 1. The van der Waals surface area contributed by atoms with Gasteiger partial charge in [-0.25, -0.2) is 12.7 Å². The molecule has 0 amide bonds. The number of rotatable bonds is 4. The number of sulfonamides is 1. The molecule has 2 heterocycles. The third-order valence-electron chi connectivity index (χ3n) is 3.32. The van der Waals surface area contributed by atoms with Gasteiger partial charge in [-0.15, -0.1) is 6.58 Å². The van der Waals surface area contributed by atoms with E-state index in [1.165, 1.54) is 10.6 Å². The fourth-order valence-electron chi connectivity index (χ4n) is 2.40. The summed E-state index contributed by atoms with van der Waals surface area (Å²) < 4.78 is 27.2. The van der Waals surface area contributed by atoms with Crippen molar-refractivity contribution in [2.24, 2.45) is 0 Å². The van der Waals surface area contributed by atoms with Crippen molar-refractivity contribution in [1.82, 2.24) is 19.1 Å². The SMILES string of the molecule is C=CCn1c(C2CCCN(S(C)(=O)=O)C2)n[nH]c1=S. The average Bonchev–Trinajstić information content (AvgIpc) is 2.71. The van der Waals surface area contributed by atoms with Gasteiger partial charge in [0.05, 0.1) is 6.26 Å². The molecule has 0 bridgehead atoms. The minimum atomic E-state index is -3.15.